The SMILES string of the molecule is CCC1CCN(CCC(C)(O)CN)C1. The molecule has 0 aromatic carbocycles. The number of nitrogens with two attached hydrogens (primary N) is 1. The van der Waals surface area contributed by atoms with Crippen LogP contribution >= 0.6 is 0 Å². The van der Waals surface area contributed by atoms with E-state index in [1.807, 2.05) is 6.92 Å². The summed E-state index contributed by atoms with van der Waals surface area (Å²) in [6, 6.07) is 0. The molecule has 3 N–H and O–H groups in total. The van der Waals surface area contributed by atoms with Crippen LogP contribution in [-0.4, -0.2) is 41.8 Å². The van der Waals surface area contributed by atoms with Crippen molar-refractivity contribution in [2.24, 2.45) is 11.7 Å². The van der Waals surface area contributed by atoms with E-state index >= 15 is 0 Å². The Bertz CT molecular complexity index is 171. The Morgan fingerprint density at radius 3 is 2.79 bits per heavy atom. The topological polar surface area (TPSA) is 49.5 Å². The van der Waals surface area contributed by atoms with Crippen LogP contribution in [0.2, 0.25) is 0 Å². The van der Waals surface area contributed by atoms with E-state index in [9.17, 15) is 5.11 Å². The normalized spacial score (nSPS) is 27.9. The van der Waals surface area contributed by atoms with Gasteiger partial charge in [0.05, 0.1) is 5.60 Å². The summed E-state index contributed by atoms with van der Waals surface area (Å²) in [6.45, 7) is 7.82. The van der Waals surface area contributed by atoms with Gasteiger partial charge in [-0.1, -0.05) is 13.3 Å². The van der Waals surface area contributed by atoms with Gasteiger partial charge in [-0.3, -0.25) is 0 Å². The van der Waals surface area contributed by atoms with Crippen LogP contribution in [0, 0.1) is 5.92 Å². The van der Waals surface area contributed by atoms with E-state index < -0.39 is 5.60 Å². The van der Waals surface area contributed by atoms with E-state index in [-0.39, 0.29) is 0 Å². The summed E-state index contributed by atoms with van der Waals surface area (Å²) in [6.07, 6.45) is 3.39. The molecule has 0 aliphatic carbocycles. The molecule has 3 nitrogen and oxygen atoms in total. The Labute approximate surface area is 87.3 Å². The maximum Gasteiger partial charge on any atom is 0.0753 e. The minimum absolute atomic E-state index is 0.359. The molecule has 84 valence electrons. The third-order valence-electron chi connectivity index (χ3n) is 3.35. The van der Waals surface area contributed by atoms with E-state index in [1.54, 1.807) is 0 Å². The van der Waals surface area contributed by atoms with Crippen LogP contribution in [0.3, 0.4) is 0 Å². The smallest absolute Gasteiger partial charge is 0.0753 e. The van der Waals surface area contributed by atoms with Gasteiger partial charge >= 0.3 is 0 Å². The lowest BCUT2D eigenvalue weighted by Gasteiger charge is -2.24. The molecule has 1 heterocycles. The molecular formula is C11H24N2O. The van der Waals surface area contributed by atoms with Crippen molar-refractivity contribution in [2.75, 3.05) is 26.2 Å². The molecule has 14 heavy (non-hydrogen) atoms. The van der Waals surface area contributed by atoms with Gasteiger partial charge in [-0.25, -0.2) is 0 Å². The Balaban J connectivity index is 2.20. The molecular weight excluding hydrogens is 176 g/mol. The average Bonchev–Trinajstić information content (AvgIpc) is 2.63. The molecule has 3 heteroatoms. The first kappa shape index (κ1) is 12.0. The molecule has 1 saturated heterocycles. The lowest BCUT2D eigenvalue weighted by atomic mass is 10.0. The highest BCUT2D eigenvalue weighted by molar-refractivity contribution is 4.79. The zero-order chi connectivity index (χ0) is 10.6. The quantitative estimate of drug-likeness (QED) is 0.691. The Kier molecular flexibility index (Phi) is 4.35. The van der Waals surface area contributed by atoms with Crippen LogP contribution in [0.15, 0.2) is 0 Å². The molecule has 0 amide bonds. The molecule has 1 rings (SSSR count). The van der Waals surface area contributed by atoms with Crippen LogP contribution in [0.4, 0.5) is 0 Å². The predicted molar refractivity (Wildman–Crippen MR) is 59.1 cm³/mol. The van der Waals surface area contributed by atoms with Crippen molar-refractivity contribution in [3.05, 3.63) is 0 Å². The van der Waals surface area contributed by atoms with Crippen molar-refractivity contribution in [1.82, 2.24) is 4.90 Å². The minimum atomic E-state index is -0.676. The fourth-order valence-corrected chi connectivity index (χ4v) is 1.95. The molecule has 0 saturated carbocycles. The van der Waals surface area contributed by atoms with Gasteiger partial charge in [-0.2, -0.15) is 0 Å². The highest BCUT2D eigenvalue weighted by atomic mass is 16.3. The van der Waals surface area contributed by atoms with Crippen LogP contribution < -0.4 is 5.73 Å². The molecule has 1 aliphatic heterocycles. The van der Waals surface area contributed by atoms with Gasteiger partial charge in [0.1, 0.15) is 0 Å². The fourth-order valence-electron chi connectivity index (χ4n) is 1.95. The first-order chi connectivity index (χ1) is 6.57. The zero-order valence-corrected chi connectivity index (χ0v) is 9.50. The lowest BCUT2D eigenvalue weighted by Crippen LogP contribution is -2.38. The summed E-state index contributed by atoms with van der Waals surface area (Å²) in [5.41, 5.74) is 4.80. The van der Waals surface area contributed by atoms with Crippen molar-refractivity contribution in [2.45, 2.75) is 38.7 Å². The van der Waals surface area contributed by atoms with Crippen molar-refractivity contribution in [1.29, 1.82) is 0 Å². The van der Waals surface area contributed by atoms with Crippen molar-refractivity contribution in [3.63, 3.8) is 0 Å². The number of hydrogen-bond donors (Lipinski definition) is 2. The van der Waals surface area contributed by atoms with E-state index in [4.69, 9.17) is 5.73 Å². The van der Waals surface area contributed by atoms with Gasteiger partial charge in [0.15, 0.2) is 0 Å². The van der Waals surface area contributed by atoms with Crippen LogP contribution in [0.5, 0.6) is 0 Å². The highest BCUT2D eigenvalue weighted by Gasteiger charge is 2.24. The summed E-state index contributed by atoms with van der Waals surface area (Å²) >= 11 is 0. The maximum absolute atomic E-state index is 9.75. The summed E-state index contributed by atoms with van der Waals surface area (Å²) in [5.74, 6) is 0.873. The van der Waals surface area contributed by atoms with Crippen molar-refractivity contribution >= 4 is 0 Å². The molecule has 1 aliphatic rings. The number of hydrogen-bond acceptors (Lipinski definition) is 3. The minimum Gasteiger partial charge on any atom is -0.389 e. The van der Waals surface area contributed by atoms with Crippen LogP contribution in [0.1, 0.15) is 33.1 Å². The summed E-state index contributed by atoms with van der Waals surface area (Å²) in [5, 5.41) is 9.75. The Hall–Kier alpha value is -0.120. The molecule has 0 aromatic heterocycles. The Morgan fingerprint density at radius 1 is 1.57 bits per heavy atom. The van der Waals surface area contributed by atoms with Gasteiger partial charge in [0.25, 0.3) is 0 Å². The van der Waals surface area contributed by atoms with Crippen molar-refractivity contribution in [3.8, 4) is 0 Å². The number of nitrogens with zero attached hydrogens (tertiary/aromatic N) is 1. The van der Waals surface area contributed by atoms with Gasteiger partial charge in [0.2, 0.25) is 0 Å². The van der Waals surface area contributed by atoms with E-state index in [0.717, 1.165) is 18.9 Å². The molecule has 0 spiro atoms. The predicted octanol–water partition coefficient (Wildman–Crippen LogP) is 0.818. The first-order valence-corrected chi connectivity index (χ1v) is 5.72. The van der Waals surface area contributed by atoms with Crippen LogP contribution in [-0.2, 0) is 0 Å². The second-order valence-corrected chi connectivity index (χ2v) is 4.81. The standard InChI is InChI=1S/C11H24N2O/c1-3-10-4-6-13(8-10)7-5-11(2,14)9-12/h10,14H,3-9,12H2,1-2H3. The van der Waals surface area contributed by atoms with E-state index in [0.29, 0.717) is 6.54 Å². The second-order valence-electron chi connectivity index (χ2n) is 4.81. The average molecular weight is 200 g/mol. The first-order valence-electron chi connectivity index (χ1n) is 5.72. The summed E-state index contributed by atoms with van der Waals surface area (Å²) in [4.78, 5) is 2.44. The summed E-state index contributed by atoms with van der Waals surface area (Å²) in [7, 11) is 0. The number of rotatable bonds is 5. The van der Waals surface area contributed by atoms with Gasteiger partial charge in [0, 0.05) is 19.6 Å². The molecule has 0 radical (unpaired) electrons. The third kappa shape index (κ3) is 3.56. The molecule has 2 unspecified atom stereocenters. The number of likely N-dealkylation sites (tertiary alicyclic amines) is 1. The Morgan fingerprint density at radius 2 is 2.29 bits per heavy atom. The van der Waals surface area contributed by atoms with E-state index in [2.05, 4.69) is 11.8 Å². The fraction of sp³-hybridized carbons (Fsp3) is 1.00. The maximum atomic E-state index is 9.75. The summed E-state index contributed by atoms with van der Waals surface area (Å²) < 4.78 is 0. The van der Waals surface area contributed by atoms with Gasteiger partial charge in [-0.05, 0) is 32.2 Å². The largest absolute Gasteiger partial charge is 0.389 e. The third-order valence-corrected chi connectivity index (χ3v) is 3.35. The molecule has 0 aromatic rings. The lowest BCUT2D eigenvalue weighted by molar-refractivity contribution is 0.0499. The van der Waals surface area contributed by atoms with Gasteiger partial charge < -0.3 is 15.7 Å². The number of aliphatic hydroxyl groups is 1. The highest BCUT2D eigenvalue weighted by Crippen LogP contribution is 2.20. The molecule has 1 fully saturated rings. The zero-order valence-electron chi connectivity index (χ0n) is 9.50. The van der Waals surface area contributed by atoms with Crippen molar-refractivity contribution < 1.29 is 5.11 Å². The van der Waals surface area contributed by atoms with Gasteiger partial charge in [-0.15, -0.1) is 0 Å². The van der Waals surface area contributed by atoms with Crippen LogP contribution in [0.25, 0.3) is 0 Å². The van der Waals surface area contributed by atoms with E-state index in [1.165, 1.54) is 25.9 Å². The second kappa shape index (κ2) is 5.10. The molecule has 0 bridgehead atoms. The molecule has 2 atom stereocenters. The monoisotopic (exact) mass is 200 g/mol.